The third-order valence-electron chi connectivity index (χ3n) is 3.32. The van der Waals surface area contributed by atoms with Crippen LogP contribution < -0.4 is 10.6 Å². The van der Waals surface area contributed by atoms with E-state index in [-0.39, 0.29) is 11.8 Å². The molecule has 0 unspecified atom stereocenters. The molecule has 92 valence electrons. The van der Waals surface area contributed by atoms with Crippen molar-refractivity contribution in [1.29, 1.82) is 0 Å². The highest BCUT2D eigenvalue weighted by Gasteiger charge is 2.26. The summed E-state index contributed by atoms with van der Waals surface area (Å²) in [6.07, 6.45) is 2.78. The first-order valence-electron chi connectivity index (χ1n) is 6.30. The summed E-state index contributed by atoms with van der Waals surface area (Å²) in [4.78, 5) is 11.9. The van der Waals surface area contributed by atoms with Crippen LogP contribution in [-0.4, -0.2) is 26.0 Å². The van der Waals surface area contributed by atoms with Gasteiger partial charge in [-0.25, -0.2) is 0 Å². The molecule has 0 heterocycles. The van der Waals surface area contributed by atoms with Crippen molar-refractivity contribution in [3.05, 3.63) is 35.4 Å². The number of carbonyl (C=O) groups excluding carboxylic acids is 1. The number of hydrogen-bond acceptors (Lipinski definition) is 2. The van der Waals surface area contributed by atoms with Crippen LogP contribution >= 0.6 is 0 Å². The monoisotopic (exact) mass is 232 g/mol. The molecule has 0 fully saturated rings. The largest absolute Gasteiger partial charge is 0.356 e. The normalized spacial score (nSPS) is 14.6. The summed E-state index contributed by atoms with van der Waals surface area (Å²) >= 11 is 0. The molecule has 2 N–H and O–H groups in total. The van der Waals surface area contributed by atoms with Crippen molar-refractivity contribution in [2.45, 2.75) is 19.3 Å². The van der Waals surface area contributed by atoms with Gasteiger partial charge in [-0.1, -0.05) is 24.3 Å². The molecule has 0 atom stereocenters. The fraction of sp³-hybridized carbons (Fsp3) is 0.500. The van der Waals surface area contributed by atoms with E-state index >= 15 is 0 Å². The van der Waals surface area contributed by atoms with Crippen LogP contribution in [0.2, 0.25) is 0 Å². The lowest BCUT2D eigenvalue weighted by Crippen LogP contribution is -2.32. The Kier molecular flexibility index (Phi) is 4.15. The molecule has 1 aliphatic carbocycles. The van der Waals surface area contributed by atoms with Crippen LogP contribution in [0, 0.1) is 5.92 Å². The molecular formula is C14H20N2O. The second-order valence-corrected chi connectivity index (χ2v) is 4.62. The molecule has 0 aliphatic heterocycles. The highest BCUT2D eigenvalue weighted by Crippen LogP contribution is 2.26. The van der Waals surface area contributed by atoms with E-state index in [4.69, 9.17) is 0 Å². The molecule has 1 aromatic carbocycles. The van der Waals surface area contributed by atoms with Crippen molar-refractivity contribution in [3.8, 4) is 0 Å². The molecule has 0 saturated carbocycles. The number of rotatable bonds is 5. The van der Waals surface area contributed by atoms with Crippen molar-refractivity contribution in [3.63, 3.8) is 0 Å². The predicted molar refractivity (Wildman–Crippen MR) is 68.9 cm³/mol. The van der Waals surface area contributed by atoms with E-state index in [0.29, 0.717) is 0 Å². The van der Waals surface area contributed by atoms with Gasteiger partial charge in [0.2, 0.25) is 5.91 Å². The molecule has 17 heavy (non-hydrogen) atoms. The van der Waals surface area contributed by atoms with Crippen molar-refractivity contribution in [2.24, 2.45) is 5.92 Å². The number of amides is 1. The molecule has 0 radical (unpaired) electrons. The van der Waals surface area contributed by atoms with Gasteiger partial charge in [-0.3, -0.25) is 4.79 Å². The summed E-state index contributed by atoms with van der Waals surface area (Å²) in [7, 11) is 1.93. The Labute approximate surface area is 103 Å². The molecule has 3 nitrogen and oxygen atoms in total. The van der Waals surface area contributed by atoms with E-state index in [1.54, 1.807) is 0 Å². The van der Waals surface area contributed by atoms with Crippen LogP contribution in [0.5, 0.6) is 0 Å². The van der Waals surface area contributed by atoms with Crippen molar-refractivity contribution >= 4 is 5.91 Å². The topological polar surface area (TPSA) is 41.1 Å². The van der Waals surface area contributed by atoms with Crippen molar-refractivity contribution < 1.29 is 4.79 Å². The van der Waals surface area contributed by atoms with Gasteiger partial charge in [-0.2, -0.15) is 0 Å². The van der Waals surface area contributed by atoms with Gasteiger partial charge in [0, 0.05) is 12.5 Å². The molecule has 0 spiro atoms. The minimum absolute atomic E-state index is 0.141. The maximum absolute atomic E-state index is 11.9. The summed E-state index contributed by atoms with van der Waals surface area (Å²) in [6, 6.07) is 8.35. The fourth-order valence-corrected chi connectivity index (χ4v) is 2.37. The molecule has 0 aromatic heterocycles. The number of fused-ring (bicyclic) bond motifs is 1. The van der Waals surface area contributed by atoms with E-state index in [1.807, 2.05) is 19.2 Å². The first kappa shape index (κ1) is 12.1. The van der Waals surface area contributed by atoms with Crippen molar-refractivity contribution in [2.75, 3.05) is 20.1 Å². The van der Waals surface area contributed by atoms with Crippen molar-refractivity contribution in [1.82, 2.24) is 10.6 Å². The molecule has 0 saturated heterocycles. The summed E-state index contributed by atoms with van der Waals surface area (Å²) in [5.74, 6) is 0.347. The van der Waals surface area contributed by atoms with Gasteiger partial charge in [0.05, 0.1) is 0 Å². The quantitative estimate of drug-likeness (QED) is 0.747. The van der Waals surface area contributed by atoms with Gasteiger partial charge in [0.25, 0.3) is 0 Å². The molecule has 0 bridgehead atoms. The van der Waals surface area contributed by atoms with Crippen LogP contribution in [0.15, 0.2) is 24.3 Å². The zero-order chi connectivity index (χ0) is 12.1. The fourth-order valence-electron chi connectivity index (χ4n) is 2.37. The Morgan fingerprint density at radius 1 is 1.24 bits per heavy atom. The Morgan fingerprint density at radius 3 is 2.47 bits per heavy atom. The molecule has 2 rings (SSSR count). The lowest BCUT2D eigenvalue weighted by atomic mass is 10.1. The average Bonchev–Trinajstić information content (AvgIpc) is 2.78. The highest BCUT2D eigenvalue weighted by molar-refractivity contribution is 5.80. The zero-order valence-corrected chi connectivity index (χ0v) is 10.3. The van der Waals surface area contributed by atoms with E-state index in [0.717, 1.165) is 32.4 Å². The summed E-state index contributed by atoms with van der Waals surface area (Å²) < 4.78 is 0. The minimum atomic E-state index is 0.141. The van der Waals surface area contributed by atoms with Gasteiger partial charge in [0.15, 0.2) is 0 Å². The Balaban J connectivity index is 1.80. The third kappa shape index (κ3) is 3.07. The number of nitrogens with one attached hydrogen (secondary N) is 2. The summed E-state index contributed by atoms with van der Waals surface area (Å²) in [6.45, 7) is 1.72. The molecule has 1 amide bonds. The van der Waals surface area contributed by atoms with E-state index in [2.05, 4.69) is 22.8 Å². The van der Waals surface area contributed by atoms with E-state index in [9.17, 15) is 4.79 Å². The maximum atomic E-state index is 11.9. The van der Waals surface area contributed by atoms with Crippen LogP contribution in [0.3, 0.4) is 0 Å². The third-order valence-corrected chi connectivity index (χ3v) is 3.32. The molecule has 1 aromatic rings. The SMILES string of the molecule is CNCCCNC(=O)C1Cc2ccccc2C1. The number of carbonyl (C=O) groups is 1. The molecule has 3 heteroatoms. The number of benzene rings is 1. The molecule has 1 aliphatic rings. The predicted octanol–water partition coefficient (Wildman–Crippen LogP) is 1.13. The maximum Gasteiger partial charge on any atom is 0.223 e. The Morgan fingerprint density at radius 2 is 1.88 bits per heavy atom. The Bertz CT molecular complexity index is 365. The first-order chi connectivity index (χ1) is 8.31. The van der Waals surface area contributed by atoms with Crippen LogP contribution in [-0.2, 0) is 17.6 Å². The minimum Gasteiger partial charge on any atom is -0.356 e. The van der Waals surface area contributed by atoms with E-state index < -0.39 is 0 Å². The second kappa shape index (κ2) is 5.82. The zero-order valence-electron chi connectivity index (χ0n) is 10.3. The second-order valence-electron chi connectivity index (χ2n) is 4.62. The standard InChI is InChI=1S/C14H20N2O/c1-15-7-4-8-16-14(17)13-9-11-5-2-3-6-12(11)10-13/h2-3,5-6,13,15H,4,7-10H2,1H3,(H,16,17). The van der Waals surface area contributed by atoms with Crippen LogP contribution in [0.4, 0.5) is 0 Å². The first-order valence-corrected chi connectivity index (χ1v) is 6.30. The van der Waals surface area contributed by atoms with Gasteiger partial charge in [-0.05, 0) is 44.0 Å². The number of hydrogen-bond donors (Lipinski definition) is 2. The summed E-state index contributed by atoms with van der Waals surface area (Å²) in [5.41, 5.74) is 2.67. The van der Waals surface area contributed by atoms with Crippen LogP contribution in [0.25, 0.3) is 0 Å². The highest BCUT2D eigenvalue weighted by atomic mass is 16.1. The van der Waals surface area contributed by atoms with Gasteiger partial charge < -0.3 is 10.6 Å². The van der Waals surface area contributed by atoms with Gasteiger partial charge >= 0.3 is 0 Å². The average molecular weight is 232 g/mol. The lowest BCUT2D eigenvalue weighted by Gasteiger charge is -2.10. The van der Waals surface area contributed by atoms with E-state index in [1.165, 1.54) is 11.1 Å². The Hall–Kier alpha value is -1.35. The summed E-state index contributed by atoms with van der Waals surface area (Å²) in [5, 5.41) is 6.09. The lowest BCUT2D eigenvalue weighted by molar-refractivity contribution is -0.124. The smallest absolute Gasteiger partial charge is 0.223 e. The van der Waals surface area contributed by atoms with Gasteiger partial charge in [0.1, 0.15) is 0 Å². The molecular weight excluding hydrogens is 212 g/mol. The van der Waals surface area contributed by atoms with Crippen LogP contribution in [0.1, 0.15) is 17.5 Å². The van der Waals surface area contributed by atoms with Gasteiger partial charge in [-0.15, -0.1) is 0 Å².